The average Bonchev–Trinajstić information content (AvgIpc) is 2.79. The van der Waals surface area contributed by atoms with E-state index in [-0.39, 0.29) is 0 Å². The van der Waals surface area contributed by atoms with E-state index in [9.17, 15) is 23.1 Å². The summed E-state index contributed by atoms with van der Waals surface area (Å²) in [6.45, 7) is 0. The van der Waals surface area contributed by atoms with Crippen molar-refractivity contribution >= 4 is 5.91 Å². The predicted octanol–water partition coefficient (Wildman–Crippen LogP) is 2.49. The lowest BCUT2D eigenvalue weighted by molar-refractivity contribution is 0.0853. The van der Waals surface area contributed by atoms with Gasteiger partial charge in [0.15, 0.2) is 11.6 Å². The Labute approximate surface area is 124 Å². The molecule has 6 heteroatoms. The third kappa shape index (κ3) is 2.46. The number of carbonyl (C=O) groups excluding carboxylic acids is 1. The van der Waals surface area contributed by atoms with Gasteiger partial charge in [-0.25, -0.2) is 13.2 Å². The molecule has 0 aliphatic heterocycles. The van der Waals surface area contributed by atoms with Crippen LogP contribution in [0.2, 0.25) is 0 Å². The topological polar surface area (TPSA) is 49.3 Å². The number of halogens is 3. The van der Waals surface area contributed by atoms with Crippen LogP contribution in [-0.4, -0.2) is 17.1 Å². The maximum absolute atomic E-state index is 13.6. The lowest BCUT2D eigenvalue weighted by Gasteiger charge is -2.18. The van der Waals surface area contributed by atoms with Crippen molar-refractivity contribution < 1.29 is 23.1 Å². The number of rotatable bonds is 2. The molecule has 0 radical (unpaired) electrons. The van der Waals surface area contributed by atoms with Crippen molar-refractivity contribution in [3.8, 4) is 0 Å². The van der Waals surface area contributed by atoms with Gasteiger partial charge in [-0.2, -0.15) is 0 Å². The fraction of sp³-hybridized carbons (Fsp3) is 0.188. The van der Waals surface area contributed by atoms with E-state index in [0.29, 0.717) is 18.6 Å². The molecule has 1 aliphatic carbocycles. The first-order chi connectivity index (χ1) is 10.5. The Morgan fingerprint density at radius 2 is 1.77 bits per heavy atom. The Balaban J connectivity index is 1.88. The van der Waals surface area contributed by atoms with Crippen molar-refractivity contribution in [3.05, 3.63) is 70.5 Å². The van der Waals surface area contributed by atoms with Gasteiger partial charge in [-0.3, -0.25) is 4.79 Å². The van der Waals surface area contributed by atoms with Crippen LogP contribution in [-0.2, 0) is 6.42 Å². The Hall–Kier alpha value is -2.34. The number of carbonyl (C=O) groups is 1. The van der Waals surface area contributed by atoms with Gasteiger partial charge in [0.25, 0.3) is 5.91 Å². The fourth-order valence-electron chi connectivity index (χ4n) is 2.66. The highest BCUT2D eigenvalue weighted by molar-refractivity contribution is 5.94. The molecule has 3 rings (SSSR count). The van der Waals surface area contributed by atoms with Gasteiger partial charge >= 0.3 is 0 Å². The molecule has 0 saturated carbocycles. The molecule has 2 unspecified atom stereocenters. The van der Waals surface area contributed by atoms with Gasteiger partial charge < -0.3 is 10.4 Å². The van der Waals surface area contributed by atoms with Crippen molar-refractivity contribution in [2.45, 2.75) is 18.6 Å². The lowest BCUT2D eigenvalue weighted by atomic mass is 10.1. The molecule has 1 amide bonds. The maximum Gasteiger partial charge on any atom is 0.254 e. The Kier molecular flexibility index (Phi) is 3.62. The summed E-state index contributed by atoms with van der Waals surface area (Å²) in [5.41, 5.74) is 1.01. The summed E-state index contributed by atoms with van der Waals surface area (Å²) in [6, 6.07) is 7.26. The zero-order valence-electron chi connectivity index (χ0n) is 11.3. The largest absolute Gasteiger partial charge is 0.390 e. The number of aliphatic hydroxyl groups is 1. The third-order valence-corrected chi connectivity index (χ3v) is 3.75. The number of nitrogens with one attached hydrogen (secondary N) is 1. The van der Waals surface area contributed by atoms with E-state index < -0.39 is 41.1 Å². The number of benzene rings is 2. The molecule has 22 heavy (non-hydrogen) atoms. The van der Waals surface area contributed by atoms with Crippen LogP contribution in [0.15, 0.2) is 36.4 Å². The van der Waals surface area contributed by atoms with Crippen LogP contribution >= 0.6 is 0 Å². The van der Waals surface area contributed by atoms with E-state index in [1.54, 1.807) is 12.1 Å². The predicted molar refractivity (Wildman–Crippen MR) is 72.7 cm³/mol. The summed E-state index contributed by atoms with van der Waals surface area (Å²) in [5.74, 6) is -4.73. The highest BCUT2D eigenvalue weighted by Gasteiger charge is 2.32. The minimum atomic E-state index is -1.36. The van der Waals surface area contributed by atoms with Gasteiger partial charge in [0.05, 0.1) is 17.7 Å². The highest BCUT2D eigenvalue weighted by Crippen LogP contribution is 2.31. The Morgan fingerprint density at radius 1 is 1.09 bits per heavy atom. The number of hydrogen-bond donors (Lipinski definition) is 2. The van der Waals surface area contributed by atoms with E-state index in [4.69, 9.17) is 0 Å². The van der Waals surface area contributed by atoms with E-state index in [0.717, 1.165) is 11.1 Å². The van der Waals surface area contributed by atoms with Gasteiger partial charge in [-0.05, 0) is 17.2 Å². The average molecular weight is 307 g/mol. The second kappa shape index (κ2) is 5.46. The molecule has 0 heterocycles. The molecule has 0 spiro atoms. The molecule has 114 valence electrons. The molecule has 1 aliphatic rings. The fourth-order valence-corrected chi connectivity index (χ4v) is 2.66. The third-order valence-electron chi connectivity index (χ3n) is 3.75. The highest BCUT2D eigenvalue weighted by atomic mass is 19.2. The van der Waals surface area contributed by atoms with Crippen molar-refractivity contribution in [2.75, 3.05) is 0 Å². The van der Waals surface area contributed by atoms with Crippen molar-refractivity contribution in [1.29, 1.82) is 0 Å². The first-order valence-electron chi connectivity index (χ1n) is 6.68. The van der Waals surface area contributed by atoms with Gasteiger partial charge in [0.1, 0.15) is 5.82 Å². The lowest BCUT2D eigenvalue weighted by Crippen LogP contribution is -2.34. The van der Waals surface area contributed by atoms with Crippen LogP contribution in [0.3, 0.4) is 0 Å². The first kappa shape index (κ1) is 14.6. The summed E-state index contributed by atoms with van der Waals surface area (Å²) in [6.07, 6.45) is -0.490. The number of aliphatic hydroxyl groups excluding tert-OH is 1. The van der Waals surface area contributed by atoms with Crippen LogP contribution in [0.4, 0.5) is 13.2 Å². The van der Waals surface area contributed by atoms with Crippen LogP contribution < -0.4 is 5.32 Å². The molecule has 2 aromatic rings. The molecule has 2 atom stereocenters. The molecule has 3 nitrogen and oxygen atoms in total. The second-order valence-electron chi connectivity index (χ2n) is 5.17. The quantitative estimate of drug-likeness (QED) is 0.838. The summed E-state index contributed by atoms with van der Waals surface area (Å²) in [7, 11) is 0. The van der Waals surface area contributed by atoms with E-state index in [1.165, 1.54) is 0 Å². The molecular formula is C16H12F3NO2. The summed E-state index contributed by atoms with van der Waals surface area (Å²) in [4.78, 5) is 12.1. The maximum atomic E-state index is 13.6. The number of hydrogen-bond acceptors (Lipinski definition) is 2. The SMILES string of the molecule is O=C(NC1c2ccccc2CC1O)c1cc(F)c(F)cc1F. The molecular weight excluding hydrogens is 295 g/mol. The first-order valence-corrected chi connectivity index (χ1v) is 6.68. The van der Waals surface area contributed by atoms with Gasteiger partial charge in [0, 0.05) is 12.5 Å². The zero-order chi connectivity index (χ0) is 15.9. The smallest absolute Gasteiger partial charge is 0.254 e. The summed E-state index contributed by atoms with van der Waals surface area (Å²) >= 11 is 0. The summed E-state index contributed by atoms with van der Waals surface area (Å²) in [5, 5.41) is 12.5. The number of amides is 1. The van der Waals surface area contributed by atoms with E-state index >= 15 is 0 Å². The molecule has 2 aromatic carbocycles. The minimum absolute atomic E-state index is 0.323. The van der Waals surface area contributed by atoms with Crippen LogP contribution in [0.1, 0.15) is 27.5 Å². The van der Waals surface area contributed by atoms with E-state index in [2.05, 4.69) is 5.32 Å². The molecule has 0 fully saturated rings. The van der Waals surface area contributed by atoms with Crippen molar-refractivity contribution in [2.24, 2.45) is 0 Å². The van der Waals surface area contributed by atoms with Gasteiger partial charge in [0.2, 0.25) is 0 Å². The minimum Gasteiger partial charge on any atom is -0.390 e. The molecule has 2 N–H and O–H groups in total. The summed E-state index contributed by atoms with van der Waals surface area (Å²) < 4.78 is 39.7. The number of fused-ring (bicyclic) bond motifs is 1. The standard InChI is InChI=1S/C16H12F3NO2/c17-11-7-13(19)12(18)6-10(11)16(22)20-15-9-4-2-1-3-8(9)5-14(15)21/h1-4,6-7,14-15,21H,5H2,(H,20,22). The van der Waals surface area contributed by atoms with Crippen molar-refractivity contribution in [3.63, 3.8) is 0 Å². The Bertz CT molecular complexity index is 748. The zero-order valence-corrected chi connectivity index (χ0v) is 11.3. The Morgan fingerprint density at radius 3 is 2.55 bits per heavy atom. The molecule has 0 saturated heterocycles. The van der Waals surface area contributed by atoms with Crippen LogP contribution in [0.25, 0.3) is 0 Å². The van der Waals surface area contributed by atoms with Gasteiger partial charge in [-0.15, -0.1) is 0 Å². The normalized spacial score (nSPS) is 19.8. The van der Waals surface area contributed by atoms with Crippen molar-refractivity contribution in [1.82, 2.24) is 5.32 Å². The monoisotopic (exact) mass is 307 g/mol. The molecule has 0 aromatic heterocycles. The second-order valence-corrected chi connectivity index (χ2v) is 5.17. The van der Waals surface area contributed by atoms with Crippen LogP contribution in [0, 0.1) is 17.5 Å². The van der Waals surface area contributed by atoms with Crippen LogP contribution in [0.5, 0.6) is 0 Å². The van der Waals surface area contributed by atoms with Gasteiger partial charge in [-0.1, -0.05) is 24.3 Å². The molecule has 0 bridgehead atoms. The van der Waals surface area contributed by atoms with E-state index in [1.807, 2.05) is 12.1 Å².